The standard InChI is InChI=1S/C16H20N2O2/c1-12(2)11-20-16(19)14(10-17)9-13-7-5-6-8-15(13)18(3)4/h5-9,12H,11H2,1-4H3. The van der Waals surface area contributed by atoms with Crippen LogP contribution in [0.1, 0.15) is 19.4 Å². The summed E-state index contributed by atoms with van der Waals surface area (Å²) in [7, 11) is 3.83. The van der Waals surface area contributed by atoms with E-state index in [1.165, 1.54) is 0 Å². The summed E-state index contributed by atoms with van der Waals surface area (Å²) in [4.78, 5) is 13.8. The fraction of sp³-hybridized carbons (Fsp3) is 0.375. The summed E-state index contributed by atoms with van der Waals surface area (Å²) in [6.45, 7) is 4.21. The van der Waals surface area contributed by atoms with Crippen LogP contribution in [-0.2, 0) is 9.53 Å². The van der Waals surface area contributed by atoms with E-state index in [0.717, 1.165) is 11.3 Å². The molecule has 106 valence electrons. The second-order valence-electron chi connectivity index (χ2n) is 5.12. The number of rotatable bonds is 5. The molecule has 1 aromatic rings. The van der Waals surface area contributed by atoms with Gasteiger partial charge in [0.1, 0.15) is 11.6 Å². The van der Waals surface area contributed by atoms with Crippen LogP contribution in [0.5, 0.6) is 0 Å². The van der Waals surface area contributed by atoms with Crippen LogP contribution in [-0.4, -0.2) is 26.7 Å². The second-order valence-corrected chi connectivity index (χ2v) is 5.12. The van der Waals surface area contributed by atoms with Gasteiger partial charge in [0, 0.05) is 19.8 Å². The molecule has 4 nitrogen and oxygen atoms in total. The molecule has 0 aliphatic rings. The molecule has 20 heavy (non-hydrogen) atoms. The maximum Gasteiger partial charge on any atom is 0.348 e. The number of ether oxygens (including phenoxy) is 1. The Labute approximate surface area is 120 Å². The van der Waals surface area contributed by atoms with Gasteiger partial charge < -0.3 is 9.64 Å². The fourth-order valence-electron chi connectivity index (χ4n) is 1.63. The number of nitriles is 1. The van der Waals surface area contributed by atoms with Gasteiger partial charge in [0.05, 0.1) is 6.61 Å². The molecule has 0 N–H and O–H groups in total. The lowest BCUT2D eigenvalue weighted by Gasteiger charge is -2.15. The SMILES string of the molecule is CC(C)COC(=O)C(C#N)=Cc1ccccc1N(C)C. The van der Waals surface area contributed by atoms with Crippen LogP contribution in [0.15, 0.2) is 29.8 Å². The zero-order valence-electron chi connectivity index (χ0n) is 12.4. The lowest BCUT2D eigenvalue weighted by atomic mass is 10.1. The number of hydrogen-bond acceptors (Lipinski definition) is 4. The van der Waals surface area contributed by atoms with Crippen LogP contribution in [0.25, 0.3) is 6.08 Å². The molecule has 0 saturated carbocycles. The monoisotopic (exact) mass is 272 g/mol. The Bertz CT molecular complexity index is 540. The minimum Gasteiger partial charge on any atom is -0.461 e. The molecule has 4 heteroatoms. The molecule has 0 fully saturated rings. The summed E-state index contributed by atoms with van der Waals surface area (Å²) in [6, 6.07) is 9.48. The first kappa shape index (κ1) is 15.8. The van der Waals surface area contributed by atoms with Crippen molar-refractivity contribution in [3.63, 3.8) is 0 Å². The van der Waals surface area contributed by atoms with Crippen molar-refractivity contribution in [2.24, 2.45) is 5.92 Å². The molecule has 1 aromatic carbocycles. The zero-order valence-corrected chi connectivity index (χ0v) is 12.4. The smallest absolute Gasteiger partial charge is 0.348 e. The van der Waals surface area contributed by atoms with Gasteiger partial charge in [-0.05, 0) is 23.6 Å². The Morgan fingerprint density at radius 3 is 2.60 bits per heavy atom. The maximum atomic E-state index is 11.8. The molecule has 0 bridgehead atoms. The van der Waals surface area contributed by atoms with E-state index in [1.807, 2.05) is 63.2 Å². The van der Waals surface area contributed by atoms with Crippen molar-refractivity contribution in [2.75, 3.05) is 25.6 Å². The molecular formula is C16H20N2O2. The summed E-state index contributed by atoms with van der Waals surface area (Å²) < 4.78 is 5.09. The Kier molecular flexibility index (Phi) is 5.79. The van der Waals surface area contributed by atoms with E-state index in [1.54, 1.807) is 6.08 Å². The first-order valence-electron chi connectivity index (χ1n) is 6.51. The highest BCUT2D eigenvalue weighted by Crippen LogP contribution is 2.21. The molecule has 0 aliphatic heterocycles. The third kappa shape index (κ3) is 4.43. The number of nitrogens with zero attached hydrogens (tertiary/aromatic N) is 2. The van der Waals surface area contributed by atoms with Crippen LogP contribution in [0, 0.1) is 17.2 Å². The summed E-state index contributed by atoms with van der Waals surface area (Å²) in [5.41, 5.74) is 1.77. The number of esters is 1. The number of benzene rings is 1. The molecule has 0 saturated heterocycles. The fourth-order valence-corrected chi connectivity index (χ4v) is 1.63. The molecule has 0 radical (unpaired) electrons. The molecule has 0 unspecified atom stereocenters. The van der Waals surface area contributed by atoms with E-state index in [0.29, 0.717) is 6.61 Å². The van der Waals surface area contributed by atoms with Gasteiger partial charge in [0.15, 0.2) is 0 Å². The summed E-state index contributed by atoms with van der Waals surface area (Å²) >= 11 is 0. The quantitative estimate of drug-likeness (QED) is 0.470. The number of anilines is 1. The second kappa shape index (κ2) is 7.34. The van der Waals surface area contributed by atoms with Gasteiger partial charge >= 0.3 is 5.97 Å². The van der Waals surface area contributed by atoms with Gasteiger partial charge in [-0.2, -0.15) is 5.26 Å². The van der Waals surface area contributed by atoms with Gasteiger partial charge in [0.25, 0.3) is 0 Å². The van der Waals surface area contributed by atoms with Crippen LogP contribution in [0.3, 0.4) is 0 Å². The van der Waals surface area contributed by atoms with E-state index in [-0.39, 0.29) is 11.5 Å². The molecule has 0 spiro atoms. The number of para-hydroxylation sites is 1. The van der Waals surface area contributed by atoms with Crippen LogP contribution >= 0.6 is 0 Å². The maximum absolute atomic E-state index is 11.8. The van der Waals surface area contributed by atoms with Crippen molar-refractivity contribution < 1.29 is 9.53 Å². The lowest BCUT2D eigenvalue weighted by Crippen LogP contribution is -2.12. The highest BCUT2D eigenvalue weighted by molar-refractivity contribution is 5.98. The zero-order chi connectivity index (χ0) is 15.1. The summed E-state index contributed by atoms with van der Waals surface area (Å²) in [5, 5.41) is 9.12. The molecule has 0 atom stereocenters. The highest BCUT2D eigenvalue weighted by atomic mass is 16.5. The minimum absolute atomic E-state index is 0.0138. The largest absolute Gasteiger partial charge is 0.461 e. The van der Waals surface area contributed by atoms with Gasteiger partial charge in [0.2, 0.25) is 0 Å². The van der Waals surface area contributed by atoms with Crippen molar-refractivity contribution >= 4 is 17.7 Å². The van der Waals surface area contributed by atoms with Crippen LogP contribution < -0.4 is 4.90 Å². The Balaban J connectivity index is 3.01. The van der Waals surface area contributed by atoms with Crippen LogP contribution in [0.4, 0.5) is 5.69 Å². The first-order valence-corrected chi connectivity index (χ1v) is 6.51. The molecule has 0 amide bonds. The van der Waals surface area contributed by atoms with E-state index in [4.69, 9.17) is 10.00 Å². The normalized spacial score (nSPS) is 11.1. The van der Waals surface area contributed by atoms with Crippen molar-refractivity contribution in [1.82, 2.24) is 0 Å². The number of carbonyl (C=O) groups is 1. The van der Waals surface area contributed by atoms with Gasteiger partial charge in [-0.25, -0.2) is 4.79 Å². The minimum atomic E-state index is -0.574. The van der Waals surface area contributed by atoms with Gasteiger partial charge in [-0.15, -0.1) is 0 Å². The van der Waals surface area contributed by atoms with Crippen molar-refractivity contribution in [1.29, 1.82) is 5.26 Å². The predicted octanol–water partition coefficient (Wildman–Crippen LogP) is 2.86. The highest BCUT2D eigenvalue weighted by Gasteiger charge is 2.12. The molecule has 1 rings (SSSR count). The molecule has 0 aliphatic carbocycles. The third-order valence-electron chi connectivity index (χ3n) is 2.61. The van der Waals surface area contributed by atoms with Crippen molar-refractivity contribution in [2.45, 2.75) is 13.8 Å². The van der Waals surface area contributed by atoms with Crippen molar-refractivity contribution in [3.8, 4) is 6.07 Å². The predicted molar refractivity (Wildman–Crippen MR) is 80.2 cm³/mol. The molecule has 0 aromatic heterocycles. The van der Waals surface area contributed by atoms with E-state index in [9.17, 15) is 4.79 Å². The van der Waals surface area contributed by atoms with Crippen molar-refractivity contribution in [3.05, 3.63) is 35.4 Å². The summed E-state index contributed by atoms with van der Waals surface area (Å²) in [6.07, 6.45) is 1.57. The van der Waals surface area contributed by atoms with Crippen LogP contribution in [0.2, 0.25) is 0 Å². The first-order chi connectivity index (χ1) is 9.45. The third-order valence-corrected chi connectivity index (χ3v) is 2.61. The lowest BCUT2D eigenvalue weighted by molar-refractivity contribution is -0.139. The average molecular weight is 272 g/mol. The van der Waals surface area contributed by atoms with E-state index in [2.05, 4.69) is 0 Å². The molecular weight excluding hydrogens is 252 g/mol. The average Bonchev–Trinajstić information content (AvgIpc) is 2.42. The number of hydrogen-bond donors (Lipinski definition) is 0. The van der Waals surface area contributed by atoms with E-state index >= 15 is 0 Å². The Morgan fingerprint density at radius 1 is 1.40 bits per heavy atom. The topological polar surface area (TPSA) is 53.3 Å². The van der Waals surface area contributed by atoms with Gasteiger partial charge in [-0.3, -0.25) is 0 Å². The molecule has 0 heterocycles. The Morgan fingerprint density at radius 2 is 2.05 bits per heavy atom. The summed E-state index contributed by atoms with van der Waals surface area (Å²) in [5.74, 6) is -0.331. The Hall–Kier alpha value is -2.28. The van der Waals surface area contributed by atoms with E-state index < -0.39 is 5.97 Å². The van der Waals surface area contributed by atoms with Gasteiger partial charge in [-0.1, -0.05) is 32.0 Å². The number of carbonyl (C=O) groups excluding carboxylic acids is 1.